The minimum atomic E-state index is -0.318. The molecule has 1 aromatic carbocycles. The lowest BCUT2D eigenvalue weighted by molar-refractivity contribution is -0.134. The first-order valence-corrected chi connectivity index (χ1v) is 7.41. The highest BCUT2D eigenvalue weighted by Gasteiger charge is 2.33. The maximum absolute atomic E-state index is 12.8. The molecule has 5 heteroatoms. The molecule has 0 N–H and O–H groups in total. The summed E-state index contributed by atoms with van der Waals surface area (Å²) in [5.74, 6) is 0.152. The fourth-order valence-corrected chi connectivity index (χ4v) is 2.40. The Balaban J connectivity index is 1.60. The maximum Gasteiger partial charge on any atom is 0.261 e. The van der Waals surface area contributed by atoms with Crippen LogP contribution in [0.3, 0.4) is 0 Å². The molecule has 0 bridgehead atoms. The molecule has 1 amide bonds. The fraction of sp³-hybridized carbons (Fsp3) is 0.353. The van der Waals surface area contributed by atoms with E-state index in [1.54, 1.807) is 0 Å². The number of ether oxygens (including phenoxy) is 1. The van der Waals surface area contributed by atoms with E-state index in [-0.39, 0.29) is 18.3 Å². The molecule has 2 aromatic rings. The predicted molar refractivity (Wildman–Crippen MR) is 80.9 cm³/mol. The summed E-state index contributed by atoms with van der Waals surface area (Å²) in [4.78, 5) is 14.3. The van der Waals surface area contributed by atoms with Crippen molar-refractivity contribution in [3.05, 3.63) is 54.1 Å². The Morgan fingerprint density at radius 1 is 1.32 bits per heavy atom. The number of halogens is 1. The van der Waals surface area contributed by atoms with E-state index in [1.807, 2.05) is 34.8 Å². The standard InChI is InChI=1S/C17H19FN2O2/c1-19-10-2-3-15(19)11-20(14-6-7-14)17(21)12-22-16-8-4-13(18)5-9-16/h2-5,8-10,14H,6-7,11-12H2,1H3. The summed E-state index contributed by atoms with van der Waals surface area (Å²) in [5.41, 5.74) is 1.10. The van der Waals surface area contributed by atoms with Gasteiger partial charge in [-0.25, -0.2) is 4.39 Å². The Morgan fingerprint density at radius 3 is 2.64 bits per heavy atom. The molecule has 0 saturated heterocycles. The molecule has 0 unspecified atom stereocenters. The monoisotopic (exact) mass is 302 g/mol. The maximum atomic E-state index is 12.8. The SMILES string of the molecule is Cn1cccc1CN(C(=O)COc1ccc(F)cc1)C1CC1. The summed E-state index contributed by atoms with van der Waals surface area (Å²) >= 11 is 0. The number of rotatable bonds is 6. The number of nitrogens with zero attached hydrogens (tertiary/aromatic N) is 2. The number of hydrogen-bond donors (Lipinski definition) is 0. The normalized spacial score (nSPS) is 13.9. The van der Waals surface area contributed by atoms with Crippen LogP contribution in [0.4, 0.5) is 4.39 Å². The first-order valence-electron chi connectivity index (χ1n) is 7.41. The number of benzene rings is 1. The lowest BCUT2D eigenvalue weighted by Gasteiger charge is -2.23. The van der Waals surface area contributed by atoms with Crippen molar-refractivity contribution in [2.45, 2.75) is 25.4 Å². The van der Waals surface area contributed by atoms with E-state index in [0.29, 0.717) is 18.3 Å². The van der Waals surface area contributed by atoms with Crippen LogP contribution < -0.4 is 4.74 Å². The first kappa shape index (κ1) is 14.6. The van der Waals surface area contributed by atoms with Crippen LogP contribution in [-0.4, -0.2) is 28.0 Å². The first-order chi connectivity index (χ1) is 10.6. The van der Waals surface area contributed by atoms with Gasteiger partial charge in [0.1, 0.15) is 11.6 Å². The largest absolute Gasteiger partial charge is 0.484 e. The number of carbonyl (C=O) groups excluding carboxylic acids is 1. The Kier molecular flexibility index (Phi) is 4.13. The van der Waals surface area contributed by atoms with Crippen LogP contribution in [0.5, 0.6) is 5.75 Å². The van der Waals surface area contributed by atoms with Gasteiger partial charge in [-0.1, -0.05) is 0 Å². The van der Waals surface area contributed by atoms with E-state index in [4.69, 9.17) is 4.74 Å². The van der Waals surface area contributed by atoms with Crippen LogP contribution in [0.2, 0.25) is 0 Å². The molecular weight excluding hydrogens is 283 g/mol. The van der Waals surface area contributed by atoms with Gasteiger partial charge in [0.05, 0.1) is 6.54 Å². The molecule has 3 rings (SSSR count). The zero-order valence-corrected chi connectivity index (χ0v) is 12.5. The average Bonchev–Trinajstić information content (AvgIpc) is 3.27. The molecule has 1 aliphatic carbocycles. The summed E-state index contributed by atoms with van der Waals surface area (Å²) in [7, 11) is 1.97. The Bertz CT molecular complexity index is 647. The Labute approximate surface area is 129 Å². The topological polar surface area (TPSA) is 34.5 Å². The molecule has 4 nitrogen and oxygen atoms in total. The van der Waals surface area contributed by atoms with Gasteiger partial charge in [0, 0.05) is 25.0 Å². The lowest BCUT2D eigenvalue weighted by Crippen LogP contribution is -2.36. The van der Waals surface area contributed by atoms with Gasteiger partial charge in [-0.3, -0.25) is 4.79 Å². The smallest absolute Gasteiger partial charge is 0.261 e. The Morgan fingerprint density at radius 2 is 2.05 bits per heavy atom. The molecule has 0 aliphatic heterocycles. The highest BCUT2D eigenvalue weighted by Crippen LogP contribution is 2.28. The van der Waals surface area contributed by atoms with Crippen LogP contribution in [0.15, 0.2) is 42.6 Å². The van der Waals surface area contributed by atoms with Crippen LogP contribution in [0.25, 0.3) is 0 Å². The molecule has 1 heterocycles. The lowest BCUT2D eigenvalue weighted by atomic mass is 10.3. The molecule has 116 valence electrons. The third-order valence-electron chi connectivity index (χ3n) is 3.87. The van der Waals surface area contributed by atoms with Crippen molar-refractivity contribution in [1.82, 2.24) is 9.47 Å². The van der Waals surface area contributed by atoms with Crippen LogP contribution in [0, 0.1) is 5.82 Å². The molecule has 1 aromatic heterocycles. The number of aromatic nitrogens is 1. The summed E-state index contributed by atoms with van der Waals surface area (Å²) in [5, 5.41) is 0. The average molecular weight is 302 g/mol. The van der Waals surface area contributed by atoms with E-state index in [9.17, 15) is 9.18 Å². The Hall–Kier alpha value is -2.30. The third kappa shape index (κ3) is 3.47. The van der Waals surface area contributed by atoms with Gasteiger partial charge in [-0.15, -0.1) is 0 Å². The van der Waals surface area contributed by atoms with E-state index in [0.717, 1.165) is 18.5 Å². The number of amides is 1. The van der Waals surface area contributed by atoms with E-state index in [2.05, 4.69) is 0 Å². The van der Waals surface area contributed by atoms with Crippen molar-refractivity contribution in [3.8, 4) is 5.75 Å². The second-order valence-corrected chi connectivity index (χ2v) is 5.61. The summed E-state index contributed by atoms with van der Waals surface area (Å²) in [6.07, 6.45) is 4.07. The molecule has 0 radical (unpaired) electrons. The zero-order chi connectivity index (χ0) is 15.5. The van der Waals surface area contributed by atoms with Gasteiger partial charge in [0.15, 0.2) is 6.61 Å². The molecule has 1 aliphatic rings. The van der Waals surface area contributed by atoms with Crippen LogP contribution >= 0.6 is 0 Å². The number of hydrogen-bond acceptors (Lipinski definition) is 2. The molecule has 0 atom stereocenters. The van der Waals surface area contributed by atoms with Crippen molar-refractivity contribution in [2.24, 2.45) is 7.05 Å². The van der Waals surface area contributed by atoms with Gasteiger partial charge in [-0.05, 0) is 49.2 Å². The minimum Gasteiger partial charge on any atom is -0.484 e. The molecule has 22 heavy (non-hydrogen) atoms. The van der Waals surface area contributed by atoms with Crippen molar-refractivity contribution in [1.29, 1.82) is 0 Å². The second kappa shape index (κ2) is 6.22. The van der Waals surface area contributed by atoms with Gasteiger partial charge >= 0.3 is 0 Å². The molecular formula is C17H19FN2O2. The molecule has 0 spiro atoms. The fourth-order valence-electron chi connectivity index (χ4n) is 2.40. The van der Waals surface area contributed by atoms with Crippen molar-refractivity contribution in [3.63, 3.8) is 0 Å². The van der Waals surface area contributed by atoms with E-state index in [1.165, 1.54) is 24.3 Å². The summed E-state index contributed by atoms with van der Waals surface area (Å²) in [6.45, 7) is 0.576. The number of aryl methyl sites for hydroxylation is 1. The zero-order valence-electron chi connectivity index (χ0n) is 12.5. The third-order valence-corrected chi connectivity index (χ3v) is 3.87. The van der Waals surface area contributed by atoms with Gasteiger partial charge in [0.2, 0.25) is 0 Å². The molecule has 1 saturated carbocycles. The highest BCUT2D eigenvalue weighted by molar-refractivity contribution is 5.78. The van der Waals surface area contributed by atoms with Crippen molar-refractivity contribution in [2.75, 3.05) is 6.61 Å². The van der Waals surface area contributed by atoms with E-state index < -0.39 is 0 Å². The van der Waals surface area contributed by atoms with Crippen LogP contribution in [0.1, 0.15) is 18.5 Å². The van der Waals surface area contributed by atoms with Gasteiger partial charge in [-0.2, -0.15) is 0 Å². The van der Waals surface area contributed by atoms with Crippen molar-refractivity contribution >= 4 is 5.91 Å². The van der Waals surface area contributed by atoms with Crippen LogP contribution in [-0.2, 0) is 18.4 Å². The second-order valence-electron chi connectivity index (χ2n) is 5.61. The van der Waals surface area contributed by atoms with E-state index >= 15 is 0 Å². The summed E-state index contributed by atoms with van der Waals surface area (Å²) < 4.78 is 20.3. The predicted octanol–water partition coefficient (Wildman–Crippen LogP) is 2.73. The minimum absolute atomic E-state index is 0.0213. The van der Waals surface area contributed by atoms with Gasteiger partial charge in [0.25, 0.3) is 5.91 Å². The number of carbonyl (C=O) groups is 1. The quantitative estimate of drug-likeness (QED) is 0.822. The summed E-state index contributed by atoms with van der Waals surface area (Å²) in [6, 6.07) is 10.0. The highest BCUT2D eigenvalue weighted by atomic mass is 19.1. The molecule has 1 fully saturated rings. The van der Waals surface area contributed by atoms with Gasteiger partial charge < -0.3 is 14.2 Å². The van der Waals surface area contributed by atoms with Crippen molar-refractivity contribution < 1.29 is 13.9 Å².